The Morgan fingerprint density at radius 3 is 2.41 bits per heavy atom. The van der Waals surface area contributed by atoms with Crippen LogP contribution < -0.4 is 10.1 Å². The molecule has 0 saturated heterocycles. The summed E-state index contributed by atoms with van der Waals surface area (Å²) in [6.45, 7) is 5.38. The van der Waals surface area contributed by atoms with Gasteiger partial charge in [-0.3, -0.25) is 9.59 Å². The molecule has 7 heteroatoms. The lowest BCUT2D eigenvalue weighted by atomic mass is 10.0. The number of anilines is 1. The summed E-state index contributed by atoms with van der Waals surface area (Å²) in [5, 5.41) is 12.0. The third-order valence-electron chi connectivity index (χ3n) is 2.88. The molecule has 0 radical (unpaired) electrons. The molecule has 1 aromatic carbocycles. The summed E-state index contributed by atoms with van der Waals surface area (Å²) in [7, 11) is 0. The van der Waals surface area contributed by atoms with Crippen LogP contribution in [-0.2, 0) is 9.59 Å². The Hall–Kier alpha value is -1.46. The molecule has 0 aliphatic carbocycles. The minimum atomic E-state index is -0.934. The third-order valence-corrected chi connectivity index (χ3v) is 3.49. The summed E-state index contributed by atoms with van der Waals surface area (Å²) in [4.78, 5) is 22.6. The molecule has 1 unspecified atom stereocenters. The second-order valence-electron chi connectivity index (χ2n) is 5.25. The second-order valence-corrected chi connectivity index (χ2v) is 6.07. The monoisotopic (exact) mass is 347 g/mol. The molecule has 122 valence electrons. The van der Waals surface area contributed by atoms with E-state index in [2.05, 4.69) is 5.32 Å². The number of benzene rings is 1. The highest BCUT2D eigenvalue weighted by Gasteiger charge is 2.17. The quantitative estimate of drug-likeness (QED) is 0.774. The van der Waals surface area contributed by atoms with Gasteiger partial charge >= 0.3 is 5.97 Å². The number of aliphatic carboxylic acids is 1. The van der Waals surface area contributed by atoms with Crippen molar-refractivity contribution in [2.75, 3.05) is 5.32 Å². The Labute approximate surface area is 139 Å². The number of hydrogen-bond donors (Lipinski definition) is 2. The van der Waals surface area contributed by atoms with Gasteiger partial charge in [-0.25, -0.2) is 0 Å². The summed E-state index contributed by atoms with van der Waals surface area (Å²) in [5.41, 5.74) is 0.383. The van der Waals surface area contributed by atoms with Gasteiger partial charge in [0.05, 0.1) is 21.8 Å². The minimum absolute atomic E-state index is 0.0648. The molecule has 5 nitrogen and oxygen atoms in total. The van der Waals surface area contributed by atoms with Crippen LogP contribution >= 0.6 is 23.2 Å². The van der Waals surface area contributed by atoms with E-state index in [0.717, 1.165) is 0 Å². The maximum absolute atomic E-state index is 12.1. The molecule has 22 heavy (non-hydrogen) atoms. The lowest BCUT2D eigenvalue weighted by molar-refractivity contribution is -0.137. The van der Waals surface area contributed by atoms with Crippen molar-refractivity contribution in [1.29, 1.82) is 0 Å². The summed E-state index contributed by atoms with van der Waals surface area (Å²) in [5.74, 6) is -1.26. The molecule has 2 N–H and O–H groups in total. The molecular weight excluding hydrogens is 329 g/mol. The Kier molecular flexibility index (Phi) is 6.97. The van der Waals surface area contributed by atoms with Gasteiger partial charge in [0.1, 0.15) is 5.75 Å². The van der Waals surface area contributed by atoms with Crippen LogP contribution in [0.2, 0.25) is 10.0 Å². The molecule has 0 heterocycles. The van der Waals surface area contributed by atoms with E-state index in [-0.39, 0.29) is 24.9 Å². The van der Waals surface area contributed by atoms with Crippen LogP contribution in [0, 0.1) is 5.92 Å². The van der Waals surface area contributed by atoms with Crippen LogP contribution in [0.4, 0.5) is 5.69 Å². The van der Waals surface area contributed by atoms with Crippen LogP contribution in [0.5, 0.6) is 5.75 Å². The Bertz CT molecular complexity index is 561. The van der Waals surface area contributed by atoms with Crippen molar-refractivity contribution in [3.05, 3.63) is 22.2 Å². The minimum Gasteiger partial charge on any atom is -0.489 e. The van der Waals surface area contributed by atoms with E-state index in [1.807, 2.05) is 13.8 Å². The highest BCUT2D eigenvalue weighted by atomic mass is 35.5. The van der Waals surface area contributed by atoms with Crippen molar-refractivity contribution in [1.82, 2.24) is 0 Å². The van der Waals surface area contributed by atoms with Gasteiger partial charge in [0, 0.05) is 18.4 Å². The van der Waals surface area contributed by atoms with Gasteiger partial charge < -0.3 is 15.2 Å². The standard InChI is InChI=1S/C15H19Cl2NO4/c1-8(2)22-13-7-12(10(16)6-11(13)17)18-15(21)9(3)4-5-14(19)20/h6-9H,4-5H2,1-3H3,(H,18,21)(H,19,20). The number of carboxylic acids is 1. The van der Waals surface area contributed by atoms with Gasteiger partial charge in [0.15, 0.2) is 0 Å². The molecule has 1 aromatic rings. The van der Waals surface area contributed by atoms with Crippen molar-refractivity contribution >= 4 is 40.8 Å². The van der Waals surface area contributed by atoms with E-state index in [0.29, 0.717) is 21.5 Å². The first kappa shape index (κ1) is 18.6. The zero-order valence-electron chi connectivity index (χ0n) is 12.7. The van der Waals surface area contributed by atoms with Crippen molar-refractivity contribution in [3.8, 4) is 5.75 Å². The van der Waals surface area contributed by atoms with E-state index in [9.17, 15) is 9.59 Å². The number of amides is 1. The first-order valence-electron chi connectivity index (χ1n) is 6.89. The van der Waals surface area contributed by atoms with Crippen LogP contribution in [0.3, 0.4) is 0 Å². The molecule has 0 aromatic heterocycles. The summed E-state index contributed by atoms with van der Waals surface area (Å²) in [6.07, 6.45) is 0.114. The van der Waals surface area contributed by atoms with Gasteiger partial charge in [-0.2, -0.15) is 0 Å². The molecule has 0 saturated carbocycles. The predicted octanol–water partition coefficient (Wildman–Crippen LogP) is 4.22. The number of hydrogen-bond acceptors (Lipinski definition) is 3. The predicted molar refractivity (Wildman–Crippen MR) is 86.9 cm³/mol. The molecule has 1 amide bonds. The molecular formula is C15H19Cl2NO4. The lowest BCUT2D eigenvalue weighted by Crippen LogP contribution is -2.21. The molecule has 0 aliphatic heterocycles. The fraction of sp³-hybridized carbons (Fsp3) is 0.467. The fourth-order valence-electron chi connectivity index (χ4n) is 1.70. The number of carboxylic acid groups (broad SMARTS) is 1. The lowest BCUT2D eigenvalue weighted by Gasteiger charge is -2.16. The first-order valence-corrected chi connectivity index (χ1v) is 7.64. The maximum atomic E-state index is 12.1. The normalized spacial score (nSPS) is 12.1. The zero-order valence-corrected chi connectivity index (χ0v) is 14.2. The topological polar surface area (TPSA) is 75.6 Å². The molecule has 0 bridgehead atoms. The SMILES string of the molecule is CC(C)Oc1cc(NC(=O)C(C)CCC(=O)O)c(Cl)cc1Cl. The number of rotatable bonds is 7. The van der Waals surface area contributed by atoms with Gasteiger partial charge in [0.2, 0.25) is 5.91 Å². The van der Waals surface area contributed by atoms with E-state index in [1.165, 1.54) is 6.07 Å². The van der Waals surface area contributed by atoms with Crippen molar-refractivity contribution in [2.24, 2.45) is 5.92 Å². The molecule has 1 atom stereocenters. The van der Waals surface area contributed by atoms with Crippen molar-refractivity contribution in [2.45, 2.75) is 39.7 Å². The number of halogens is 2. The van der Waals surface area contributed by atoms with Crippen LogP contribution in [0.25, 0.3) is 0 Å². The third kappa shape index (κ3) is 5.73. The highest BCUT2D eigenvalue weighted by molar-refractivity contribution is 6.37. The molecule has 0 aliphatic rings. The van der Waals surface area contributed by atoms with Gasteiger partial charge in [-0.1, -0.05) is 30.1 Å². The van der Waals surface area contributed by atoms with Crippen molar-refractivity contribution < 1.29 is 19.4 Å². The van der Waals surface area contributed by atoms with Crippen LogP contribution in [-0.4, -0.2) is 23.1 Å². The Morgan fingerprint density at radius 1 is 1.23 bits per heavy atom. The highest BCUT2D eigenvalue weighted by Crippen LogP contribution is 2.35. The average molecular weight is 348 g/mol. The van der Waals surface area contributed by atoms with Gasteiger partial charge in [-0.15, -0.1) is 0 Å². The smallest absolute Gasteiger partial charge is 0.303 e. The molecule has 0 fully saturated rings. The number of carbonyl (C=O) groups excluding carboxylic acids is 1. The number of ether oxygens (including phenoxy) is 1. The number of nitrogens with one attached hydrogen (secondary N) is 1. The summed E-state index contributed by atoms with van der Waals surface area (Å²) < 4.78 is 5.54. The summed E-state index contributed by atoms with van der Waals surface area (Å²) >= 11 is 12.1. The largest absolute Gasteiger partial charge is 0.489 e. The molecule has 1 rings (SSSR count). The zero-order chi connectivity index (χ0) is 16.9. The van der Waals surface area contributed by atoms with Crippen LogP contribution in [0.15, 0.2) is 12.1 Å². The van der Waals surface area contributed by atoms with E-state index >= 15 is 0 Å². The number of carbonyl (C=O) groups is 2. The Balaban J connectivity index is 2.83. The first-order chi connectivity index (χ1) is 10.2. The molecule has 0 spiro atoms. The Morgan fingerprint density at radius 2 is 1.86 bits per heavy atom. The van der Waals surface area contributed by atoms with E-state index in [1.54, 1.807) is 13.0 Å². The van der Waals surface area contributed by atoms with Gasteiger partial charge in [-0.05, 0) is 26.3 Å². The van der Waals surface area contributed by atoms with Crippen LogP contribution in [0.1, 0.15) is 33.6 Å². The van der Waals surface area contributed by atoms with E-state index < -0.39 is 11.9 Å². The van der Waals surface area contributed by atoms with E-state index in [4.69, 9.17) is 33.0 Å². The van der Waals surface area contributed by atoms with Crippen molar-refractivity contribution in [3.63, 3.8) is 0 Å². The van der Waals surface area contributed by atoms with Gasteiger partial charge in [0.25, 0.3) is 0 Å². The maximum Gasteiger partial charge on any atom is 0.303 e. The average Bonchev–Trinajstić information content (AvgIpc) is 2.40. The summed E-state index contributed by atoms with van der Waals surface area (Å²) in [6, 6.07) is 3.06. The fourth-order valence-corrected chi connectivity index (χ4v) is 2.17. The second kappa shape index (κ2) is 8.25.